The number of carbonyl (C=O) groups excluding carboxylic acids is 12. The molecule has 2 bridgehead atoms. The van der Waals surface area contributed by atoms with Crippen molar-refractivity contribution in [1.82, 2.24) is 60.0 Å². The molecule has 4 heterocycles. The van der Waals surface area contributed by atoms with Crippen molar-refractivity contribution in [2.45, 2.75) is 261 Å². The fraction of sp³-hybridized carbons (Fsp3) is 0.842. The lowest BCUT2D eigenvalue weighted by Gasteiger charge is -2.47. The number of nitrogens with one attached hydrogen (secondary N) is 3. The van der Waals surface area contributed by atoms with E-state index >= 15 is 37.5 Å². The number of nitrogens with zero attached hydrogens (tertiary/aromatic N) is 9. The summed E-state index contributed by atoms with van der Waals surface area (Å²) in [4.78, 5) is 193. The van der Waals surface area contributed by atoms with Crippen molar-refractivity contribution in [2.24, 2.45) is 47.3 Å². The molecule has 110 heavy (non-hydrogen) atoms. The molecule has 34 heteroatoms. The van der Waals surface area contributed by atoms with Crippen LogP contribution in [0.2, 0.25) is 0 Å². The third-order valence-electron chi connectivity index (χ3n) is 25.5. The maximum atomic E-state index is 15.7. The molecule has 0 aromatic carbocycles. The highest BCUT2D eigenvalue weighted by atomic mass is 19.4. The number of rotatable bonds is 12. The minimum atomic E-state index is -5.22. The van der Waals surface area contributed by atoms with Gasteiger partial charge in [0.25, 0.3) is 0 Å². The van der Waals surface area contributed by atoms with E-state index in [0.29, 0.717) is 38.5 Å². The molecule has 4 saturated carbocycles. The molecule has 8 rings (SSSR count). The van der Waals surface area contributed by atoms with Crippen molar-refractivity contribution in [2.75, 3.05) is 101 Å². The van der Waals surface area contributed by atoms with Gasteiger partial charge in [-0.15, -0.1) is 0 Å². The van der Waals surface area contributed by atoms with Crippen LogP contribution in [0.1, 0.15) is 176 Å². The standard InChI is InChI=1S/C76H118F8N12O14/c1-13-43(4)63-71(106)89(8)42-61(99)91(10)56-33-44(5)45(6)39-95(70(56)105)58(36-46-21-24-49(25-22-46)75(79,80)81)68(103)88(7)41-59(97)85-53(26-23-47-34-51(77)62(52(78)35-47)76(82,83)84)67(102)96-40-50(110-15-3)37-55(96)66(101)87-74(27-18-28-74)73(108)93(12)64(48-19-16-17-20-48)72(107)92(11)57(69(104)94-29-31-109-32-30-94)38-60(98)90(9)54(14-2)65(100)86-63/h43-58,62-64H,13-42H2,1-12H3,(H,85,97)(H,86,100)(H,87,101)/t43-,44+,45-,46?,47?,49?,50+,51?,52?,53-,54-,55-,56-,57-,58-,62?,63-,64-/m0/s1. The summed E-state index contributed by atoms with van der Waals surface area (Å²) in [6.07, 6.45) is -16.6. The molecule has 0 aromatic heterocycles. The summed E-state index contributed by atoms with van der Waals surface area (Å²) in [7, 11) is 8.06. The number of hydrogen-bond donors (Lipinski definition) is 3. The normalized spacial score (nSPS) is 33.5. The number of alkyl halides is 8. The van der Waals surface area contributed by atoms with Gasteiger partial charge in [-0.25, -0.2) is 8.78 Å². The lowest BCUT2D eigenvalue weighted by molar-refractivity contribution is -0.219. The van der Waals surface area contributed by atoms with Gasteiger partial charge in [-0.3, -0.25) is 57.5 Å². The smallest absolute Gasteiger partial charge is 0.378 e. The summed E-state index contributed by atoms with van der Waals surface area (Å²) >= 11 is 0. The van der Waals surface area contributed by atoms with Crippen LogP contribution in [0.5, 0.6) is 0 Å². The summed E-state index contributed by atoms with van der Waals surface area (Å²) in [5, 5.41) is 8.41. The van der Waals surface area contributed by atoms with Crippen LogP contribution in [0.4, 0.5) is 35.1 Å². The van der Waals surface area contributed by atoms with Crippen molar-refractivity contribution in [3.8, 4) is 0 Å². The zero-order chi connectivity index (χ0) is 81.3. The van der Waals surface area contributed by atoms with Gasteiger partial charge in [-0.1, -0.05) is 53.9 Å². The molecule has 8 aliphatic rings. The third kappa shape index (κ3) is 20.7. The van der Waals surface area contributed by atoms with Crippen LogP contribution < -0.4 is 16.0 Å². The average Bonchev–Trinajstić information content (AvgIpc) is 1.31. The van der Waals surface area contributed by atoms with Gasteiger partial charge in [0, 0.05) is 81.5 Å². The zero-order valence-electron chi connectivity index (χ0n) is 65.9. The molecule has 4 aliphatic heterocycles. The van der Waals surface area contributed by atoms with Gasteiger partial charge in [0.1, 0.15) is 72.1 Å². The van der Waals surface area contributed by atoms with Gasteiger partial charge in [0.2, 0.25) is 70.9 Å². The molecular formula is C76H118F8N12O14. The first-order chi connectivity index (χ1) is 51.7. The molecule has 0 aromatic rings. The molecule has 4 saturated heterocycles. The van der Waals surface area contributed by atoms with Gasteiger partial charge in [0.15, 0.2) is 0 Å². The van der Waals surface area contributed by atoms with E-state index in [4.69, 9.17) is 9.47 Å². The van der Waals surface area contributed by atoms with Crippen molar-refractivity contribution in [1.29, 1.82) is 0 Å². The Balaban J connectivity index is 1.21. The van der Waals surface area contributed by atoms with Crippen molar-refractivity contribution < 1.29 is 102 Å². The second-order valence-electron chi connectivity index (χ2n) is 32.8. The molecule has 3 N–H and O–H groups in total. The first-order valence-corrected chi connectivity index (χ1v) is 39.7. The van der Waals surface area contributed by atoms with Crippen molar-refractivity contribution in [3.05, 3.63) is 0 Å². The SMILES string of the molecule is CCO[C@@H]1C[C@H]2C(=O)NC3(CCC3)C(=O)N(C)[C@@H](C3CCCC3)C(=O)N(C)[C@H](C(=O)N3CCOCC3)CC(=O)N(C)[C@@H](CC)C(=O)N[C@@H]([C@@H](C)CC)C(=O)N(C)CC(=O)N(C)[C@H]3C[C@@H](C)[C@@H](C)CN(C3=O)[C@@H](CC3CCC(C(F)(F)F)CC3)C(=O)N(C)CC(=O)N[C@@H](CCC3CC(F)C(C(F)(F)F)C(F)C3)C(=O)N2C1. The van der Waals surface area contributed by atoms with Gasteiger partial charge in [-0.2, -0.15) is 26.3 Å². The fourth-order valence-corrected chi connectivity index (χ4v) is 17.9. The predicted octanol–water partition coefficient (Wildman–Crippen LogP) is 5.81. The van der Waals surface area contributed by atoms with Crippen molar-refractivity contribution in [3.63, 3.8) is 0 Å². The van der Waals surface area contributed by atoms with E-state index in [0.717, 1.165) is 29.4 Å². The van der Waals surface area contributed by atoms with E-state index in [1.54, 1.807) is 27.7 Å². The molecular weight excluding hydrogens is 1460 g/mol. The average molecular weight is 1580 g/mol. The van der Waals surface area contributed by atoms with E-state index in [2.05, 4.69) is 16.0 Å². The van der Waals surface area contributed by atoms with Gasteiger partial charge < -0.3 is 69.5 Å². The van der Waals surface area contributed by atoms with Gasteiger partial charge in [-0.05, 0) is 145 Å². The predicted molar refractivity (Wildman–Crippen MR) is 385 cm³/mol. The number of morpholine rings is 1. The van der Waals surface area contributed by atoms with Crippen LogP contribution in [0, 0.1) is 47.3 Å². The van der Waals surface area contributed by atoms with Crippen LogP contribution in [-0.4, -0.2) is 301 Å². The molecule has 26 nitrogen and oxygen atoms in total. The lowest BCUT2D eigenvalue weighted by Crippen LogP contribution is -2.68. The Bertz CT molecular complexity index is 3270. The fourth-order valence-electron chi connectivity index (χ4n) is 17.9. The number of amides is 12. The highest BCUT2D eigenvalue weighted by molar-refractivity contribution is 6.01. The van der Waals surface area contributed by atoms with E-state index in [1.165, 1.54) is 57.0 Å². The zero-order valence-corrected chi connectivity index (χ0v) is 65.9. The monoisotopic (exact) mass is 1570 g/mol. The van der Waals surface area contributed by atoms with Crippen LogP contribution in [0.3, 0.4) is 0 Å². The molecule has 622 valence electrons. The number of fused-ring (bicyclic) bond motifs is 3. The van der Waals surface area contributed by atoms with Gasteiger partial charge in [0.05, 0.1) is 44.7 Å². The molecule has 12 amide bonds. The number of likely N-dealkylation sites (N-methyl/N-ethyl adjacent to an activating group) is 6. The van der Waals surface area contributed by atoms with Crippen molar-refractivity contribution >= 4 is 70.9 Å². The van der Waals surface area contributed by atoms with Crippen LogP contribution in [0.25, 0.3) is 0 Å². The highest BCUT2D eigenvalue weighted by Gasteiger charge is 2.57. The highest BCUT2D eigenvalue weighted by Crippen LogP contribution is 2.46. The summed E-state index contributed by atoms with van der Waals surface area (Å²) < 4.78 is 127. The lowest BCUT2D eigenvalue weighted by atomic mass is 9.74. The maximum Gasteiger partial charge on any atom is 0.397 e. The summed E-state index contributed by atoms with van der Waals surface area (Å²) in [6, 6.07) is -11.3. The summed E-state index contributed by atoms with van der Waals surface area (Å²) in [5.74, 6) is -17.4. The molecule has 4 aliphatic carbocycles. The maximum absolute atomic E-state index is 15.7. The largest absolute Gasteiger partial charge is 0.397 e. The molecule has 14 atom stereocenters. The number of carbonyl (C=O) groups is 12. The minimum Gasteiger partial charge on any atom is -0.378 e. The molecule has 8 fully saturated rings. The van der Waals surface area contributed by atoms with Gasteiger partial charge >= 0.3 is 12.4 Å². The number of hydrogen-bond acceptors (Lipinski definition) is 14. The second kappa shape index (κ2) is 37.8. The number of halogens is 8. The summed E-state index contributed by atoms with van der Waals surface area (Å²) in [5.41, 5.74) is -1.70. The minimum absolute atomic E-state index is 0.000335. The third-order valence-corrected chi connectivity index (χ3v) is 25.5. The first-order valence-electron chi connectivity index (χ1n) is 39.7. The van der Waals surface area contributed by atoms with Crippen LogP contribution in [0.15, 0.2) is 0 Å². The Morgan fingerprint density at radius 1 is 0.609 bits per heavy atom. The van der Waals surface area contributed by atoms with E-state index in [9.17, 15) is 55.1 Å². The quantitative estimate of drug-likeness (QED) is 0.195. The molecule has 1 spiro atoms. The first kappa shape index (κ1) is 88.6. The Hall–Kier alpha value is -7.00. The Morgan fingerprint density at radius 3 is 1.79 bits per heavy atom. The van der Waals surface area contributed by atoms with Crippen LogP contribution >= 0.6 is 0 Å². The Labute approximate surface area is 640 Å². The van der Waals surface area contributed by atoms with Crippen LogP contribution in [-0.2, 0) is 67.0 Å². The topological polar surface area (TPSA) is 289 Å². The van der Waals surface area contributed by atoms with E-state index < -0.39 is 236 Å². The molecule has 2 unspecified atom stereocenters. The van der Waals surface area contributed by atoms with E-state index in [-0.39, 0.29) is 123 Å². The van der Waals surface area contributed by atoms with E-state index in [1.807, 2.05) is 13.8 Å². The second-order valence-corrected chi connectivity index (χ2v) is 32.8. The summed E-state index contributed by atoms with van der Waals surface area (Å²) in [6.45, 7) is 9.12. The Kier molecular flexibility index (Phi) is 30.4. The number of ether oxygens (including phenoxy) is 2. The Morgan fingerprint density at radius 2 is 1.23 bits per heavy atom. The molecule has 0 radical (unpaired) electrons.